The lowest BCUT2D eigenvalue weighted by Gasteiger charge is -2.23. The van der Waals surface area contributed by atoms with Crippen molar-refractivity contribution in [1.29, 1.82) is 0 Å². The standard InChI is InChI=1S/C15H18N2O2S/c1-17(2)14(12-8-9-20-11-12)10-16-15(18)19-13-6-4-3-5-7-13/h3-9,11,14H,10H2,1-2H3,(H,16,18). The third-order valence-corrected chi connectivity index (χ3v) is 3.65. The fraction of sp³-hybridized carbons (Fsp3) is 0.267. The van der Waals surface area contributed by atoms with Gasteiger partial charge in [0.15, 0.2) is 0 Å². The lowest BCUT2D eigenvalue weighted by atomic mass is 10.1. The van der Waals surface area contributed by atoms with E-state index < -0.39 is 6.09 Å². The van der Waals surface area contributed by atoms with Crippen LogP contribution in [0.25, 0.3) is 0 Å². The van der Waals surface area contributed by atoms with E-state index in [-0.39, 0.29) is 6.04 Å². The summed E-state index contributed by atoms with van der Waals surface area (Å²) in [7, 11) is 3.99. The van der Waals surface area contributed by atoms with Gasteiger partial charge in [-0.3, -0.25) is 0 Å². The summed E-state index contributed by atoms with van der Waals surface area (Å²) in [4.78, 5) is 13.8. The summed E-state index contributed by atoms with van der Waals surface area (Å²) in [5, 5.41) is 6.93. The van der Waals surface area contributed by atoms with Crippen LogP contribution in [0.2, 0.25) is 0 Å². The maximum absolute atomic E-state index is 11.8. The third kappa shape index (κ3) is 4.08. The lowest BCUT2D eigenvalue weighted by Crippen LogP contribution is -2.35. The molecule has 1 aromatic heterocycles. The minimum atomic E-state index is -0.432. The summed E-state index contributed by atoms with van der Waals surface area (Å²) < 4.78 is 5.20. The van der Waals surface area contributed by atoms with Crippen molar-refractivity contribution < 1.29 is 9.53 Å². The lowest BCUT2D eigenvalue weighted by molar-refractivity contribution is 0.194. The first kappa shape index (κ1) is 14.6. The number of nitrogens with one attached hydrogen (secondary N) is 1. The van der Waals surface area contributed by atoms with E-state index in [0.29, 0.717) is 12.3 Å². The number of likely N-dealkylation sites (N-methyl/N-ethyl adjacent to an activating group) is 1. The molecule has 1 unspecified atom stereocenters. The number of hydrogen-bond acceptors (Lipinski definition) is 4. The fourth-order valence-electron chi connectivity index (χ4n) is 1.87. The molecule has 0 aliphatic heterocycles. The van der Waals surface area contributed by atoms with Crippen LogP contribution in [-0.2, 0) is 0 Å². The van der Waals surface area contributed by atoms with Gasteiger partial charge in [0.25, 0.3) is 0 Å². The molecule has 0 radical (unpaired) electrons. The zero-order chi connectivity index (χ0) is 14.4. The van der Waals surface area contributed by atoms with Gasteiger partial charge in [0.05, 0.1) is 6.04 Å². The summed E-state index contributed by atoms with van der Waals surface area (Å²) in [6.45, 7) is 0.509. The van der Waals surface area contributed by atoms with E-state index in [2.05, 4.69) is 21.7 Å². The Kier molecular flexibility index (Phi) is 5.15. The molecule has 0 fully saturated rings. The molecule has 2 rings (SSSR count). The molecule has 0 bridgehead atoms. The highest BCUT2D eigenvalue weighted by Crippen LogP contribution is 2.20. The number of carbonyl (C=O) groups is 1. The number of amides is 1. The zero-order valence-corrected chi connectivity index (χ0v) is 12.4. The van der Waals surface area contributed by atoms with Crippen molar-refractivity contribution in [2.24, 2.45) is 0 Å². The molecule has 4 nitrogen and oxygen atoms in total. The maximum atomic E-state index is 11.8. The molecule has 0 aliphatic rings. The highest BCUT2D eigenvalue weighted by Gasteiger charge is 2.16. The number of hydrogen-bond donors (Lipinski definition) is 1. The molecule has 1 heterocycles. The minimum Gasteiger partial charge on any atom is -0.410 e. The predicted molar refractivity (Wildman–Crippen MR) is 81.2 cm³/mol. The number of para-hydroxylation sites is 1. The Labute approximate surface area is 123 Å². The number of ether oxygens (including phenoxy) is 1. The monoisotopic (exact) mass is 290 g/mol. The van der Waals surface area contributed by atoms with Gasteiger partial charge in [-0.1, -0.05) is 18.2 Å². The van der Waals surface area contributed by atoms with Gasteiger partial charge in [0, 0.05) is 6.54 Å². The Hall–Kier alpha value is -1.85. The van der Waals surface area contributed by atoms with Gasteiger partial charge in [-0.15, -0.1) is 0 Å². The molecule has 106 valence electrons. The molecular weight excluding hydrogens is 272 g/mol. The summed E-state index contributed by atoms with van der Waals surface area (Å²) in [5.41, 5.74) is 1.19. The molecule has 20 heavy (non-hydrogen) atoms. The molecule has 1 atom stereocenters. The molecule has 5 heteroatoms. The van der Waals surface area contributed by atoms with Gasteiger partial charge in [0.1, 0.15) is 5.75 Å². The highest BCUT2D eigenvalue weighted by atomic mass is 32.1. The first-order valence-electron chi connectivity index (χ1n) is 6.36. The topological polar surface area (TPSA) is 41.6 Å². The number of nitrogens with zero attached hydrogens (tertiary/aromatic N) is 1. The average molecular weight is 290 g/mol. The van der Waals surface area contributed by atoms with Gasteiger partial charge in [-0.05, 0) is 48.6 Å². The summed E-state index contributed by atoms with van der Waals surface area (Å²) in [6, 6.07) is 11.3. The van der Waals surface area contributed by atoms with Crippen molar-refractivity contribution in [3.8, 4) is 5.75 Å². The van der Waals surface area contributed by atoms with E-state index in [9.17, 15) is 4.79 Å². The van der Waals surface area contributed by atoms with E-state index in [0.717, 1.165) is 0 Å². The molecule has 1 amide bonds. The molecule has 1 N–H and O–H groups in total. The smallest absolute Gasteiger partial charge is 0.410 e. The predicted octanol–water partition coefficient (Wildman–Crippen LogP) is 3.14. The van der Waals surface area contributed by atoms with Gasteiger partial charge in [-0.25, -0.2) is 4.79 Å². The van der Waals surface area contributed by atoms with Crippen LogP contribution in [0.5, 0.6) is 5.75 Å². The Bertz CT molecular complexity index is 526. The number of rotatable bonds is 5. The number of benzene rings is 1. The van der Waals surface area contributed by atoms with Gasteiger partial charge < -0.3 is 15.0 Å². The summed E-state index contributed by atoms with van der Waals surface area (Å²) in [5.74, 6) is 0.543. The average Bonchev–Trinajstić information content (AvgIpc) is 2.93. The summed E-state index contributed by atoms with van der Waals surface area (Å²) >= 11 is 1.65. The molecule has 0 saturated heterocycles. The van der Waals surface area contributed by atoms with E-state index in [1.165, 1.54) is 5.56 Å². The normalized spacial score (nSPS) is 12.2. The molecule has 2 aromatic rings. The van der Waals surface area contributed by atoms with E-state index in [4.69, 9.17) is 4.74 Å². The molecule has 0 spiro atoms. The van der Waals surface area contributed by atoms with Crippen molar-refractivity contribution in [2.45, 2.75) is 6.04 Å². The molecule has 1 aromatic carbocycles. The maximum Gasteiger partial charge on any atom is 0.412 e. The fourth-order valence-corrected chi connectivity index (χ4v) is 2.58. The Morgan fingerprint density at radius 2 is 2.05 bits per heavy atom. The largest absolute Gasteiger partial charge is 0.412 e. The van der Waals surface area contributed by atoms with Crippen molar-refractivity contribution in [3.05, 3.63) is 52.7 Å². The Morgan fingerprint density at radius 1 is 1.30 bits per heavy atom. The minimum absolute atomic E-state index is 0.143. The van der Waals surface area contributed by atoms with E-state index in [1.807, 2.05) is 37.7 Å². The highest BCUT2D eigenvalue weighted by molar-refractivity contribution is 7.07. The quantitative estimate of drug-likeness (QED) is 0.920. The van der Waals surface area contributed by atoms with Crippen LogP contribution in [0.4, 0.5) is 4.79 Å². The SMILES string of the molecule is CN(C)C(CNC(=O)Oc1ccccc1)c1ccsc1. The Morgan fingerprint density at radius 3 is 2.65 bits per heavy atom. The van der Waals surface area contributed by atoms with Crippen molar-refractivity contribution in [1.82, 2.24) is 10.2 Å². The second-order valence-corrected chi connectivity index (χ2v) is 5.40. The van der Waals surface area contributed by atoms with Gasteiger partial charge in [0.2, 0.25) is 0 Å². The molecule has 0 saturated carbocycles. The van der Waals surface area contributed by atoms with Crippen LogP contribution in [0.1, 0.15) is 11.6 Å². The van der Waals surface area contributed by atoms with Crippen LogP contribution >= 0.6 is 11.3 Å². The van der Waals surface area contributed by atoms with Crippen LogP contribution in [0, 0.1) is 0 Å². The van der Waals surface area contributed by atoms with E-state index >= 15 is 0 Å². The van der Waals surface area contributed by atoms with Crippen molar-refractivity contribution in [3.63, 3.8) is 0 Å². The van der Waals surface area contributed by atoms with Crippen LogP contribution < -0.4 is 10.1 Å². The zero-order valence-electron chi connectivity index (χ0n) is 11.6. The second-order valence-electron chi connectivity index (χ2n) is 4.62. The number of carbonyl (C=O) groups excluding carboxylic acids is 1. The summed E-state index contributed by atoms with van der Waals surface area (Å²) in [6.07, 6.45) is -0.432. The van der Waals surface area contributed by atoms with Crippen LogP contribution in [0.15, 0.2) is 47.2 Å². The van der Waals surface area contributed by atoms with Crippen molar-refractivity contribution >= 4 is 17.4 Å². The first-order valence-corrected chi connectivity index (χ1v) is 7.30. The second kappa shape index (κ2) is 7.07. The van der Waals surface area contributed by atoms with Crippen LogP contribution in [-0.4, -0.2) is 31.6 Å². The van der Waals surface area contributed by atoms with Crippen LogP contribution in [0.3, 0.4) is 0 Å². The Balaban J connectivity index is 1.88. The van der Waals surface area contributed by atoms with E-state index in [1.54, 1.807) is 23.5 Å². The molecular formula is C15H18N2O2S. The van der Waals surface area contributed by atoms with Crippen molar-refractivity contribution in [2.75, 3.05) is 20.6 Å². The van der Waals surface area contributed by atoms with Gasteiger partial charge in [-0.2, -0.15) is 11.3 Å². The number of thiophene rings is 1. The molecule has 0 aliphatic carbocycles. The van der Waals surface area contributed by atoms with Gasteiger partial charge >= 0.3 is 6.09 Å². The first-order chi connectivity index (χ1) is 9.66. The third-order valence-electron chi connectivity index (χ3n) is 2.94.